The van der Waals surface area contributed by atoms with Gasteiger partial charge in [-0.2, -0.15) is 0 Å². The minimum Gasteiger partial charge on any atom is -0.469 e. The first-order valence-electron chi connectivity index (χ1n) is 6.60. The highest BCUT2D eigenvalue weighted by molar-refractivity contribution is 5.83. The van der Waals surface area contributed by atoms with Gasteiger partial charge in [0.2, 0.25) is 0 Å². The normalized spacial score (nSPS) is 12.7. The largest absolute Gasteiger partial charge is 0.469 e. The lowest BCUT2D eigenvalue weighted by atomic mass is 9.97. The summed E-state index contributed by atoms with van der Waals surface area (Å²) in [4.78, 5) is 0. The molecular formula is C17H17NO. The first-order chi connectivity index (χ1) is 9.29. The maximum Gasteiger partial charge on any atom is 0.108 e. The van der Waals surface area contributed by atoms with E-state index in [0.717, 1.165) is 23.3 Å². The van der Waals surface area contributed by atoms with E-state index in [-0.39, 0.29) is 6.04 Å². The predicted molar refractivity (Wildman–Crippen MR) is 78.1 cm³/mol. The fourth-order valence-electron chi connectivity index (χ4n) is 2.50. The summed E-state index contributed by atoms with van der Waals surface area (Å²) in [5, 5.41) is 2.46. The molecule has 0 aliphatic rings. The summed E-state index contributed by atoms with van der Waals surface area (Å²) in [6.45, 7) is 2.08. The summed E-state index contributed by atoms with van der Waals surface area (Å²) in [7, 11) is 0. The maximum atomic E-state index is 6.37. The Morgan fingerprint density at radius 2 is 1.84 bits per heavy atom. The van der Waals surface area contributed by atoms with E-state index in [1.807, 2.05) is 18.2 Å². The Morgan fingerprint density at radius 1 is 1.05 bits per heavy atom. The highest BCUT2D eigenvalue weighted by atomic mass is 16.3. The van der Waals surface area contributed by atoms with Crippen LogP contribution in [0.2, 0.25) is 0 Å². The second kappa shape index (κ2) is 4.90. The van der Waals surface area contributed by atoms with Gasteiger partial charge in [-0.1, -0.05) is 43.3 Å². The van der Waals surface area contributed by atoms with Gasteiger partial charge < -0.3 is 10.2 Å². The van der Waals surface area contributed by atoms with Crippen molar-refractivity contribution in [2.75, 3.05) is 0 Å². The number of rotatable bonds is 3. The summed E-state index contributed by atoms with van der Waals surface area (Å²) in [6.07, 6.45) is 2.58. The van der Waals surface area contributed by atoms with Gasteiger partial charge in [0.25, 0.3) is 0 Å². The van der Waals surface area contributed by atoms with Crippen LogP contribution in [-0.2, 0) is 6.42 Å². The quantitative estimate of drug-likeness (QED) is 0.763. The Morgan fingerprint density at radius 3 is 2.63 bits per heavy atom. The van der Waals surface area contributed by atoms with Crippen molar-refractivity contribution in [1.82, 2.24) is 0 Å². The molecule has 2 heteroatoms. The van der Waals surface area contributed by atoms with E-state index >= 15 is 0 Å². The summed E-state index contributed by atoms with van der Waals surface area (Å²) in [5.74, 6) is 0.973. The van der Waals surface area contributed by atoms with Crippen LogP contribution in [0.3, 0.4) is 0 Å². The smallest absolute Gasteiger partial charge is 0.108 e. The molecule has 19 heavy (non-hydrogen) atoms. The Labute approximate surface area is 112 Å². The highest BCUT2D eigenvalue weighted by Gasteiger charge is 2.15. The standard InChI is InChI=1S/C17H17NO/c1-2-16-15(9-10-19-16)17(18)14-8-7-12-5-3-4-6-13(12)11-14/h3-11,17H,2,18H2,1H3. The number of furan rings is 1. The van der Waals surface area contributed by atoms with Crippen molar-refractivity contribution in [3.05, 3.63) is 71.7 Å². The van der Waals surface area contributed by atoms with Crippen LogP contribution >= 0.6 is 0 Å². The SMILES string of the molecule is CCc1occc1C(N)c1ccc2ccccc2c1. The molecule has 0 saturated heterocycles. The molecule has 1 heterocycles. The number of nitrogens with two attached hydrogens (primary N) is 1. The zero-order valence-corrected chi connectivity index (χ0v) is 11.0. The first-order valence-corrected chi connectivity index (χ1v) is 6.60. The maximum absolute atomic E-state index is 6.37. The summed E-state index contributed by atoms with van der Waals surface area (Å²) < 4.78 is 5.46. The zero-order chi connectivity index (χ0) is 13.2. The van der Waals surface area contributed by atoms with Crippen LogP contribution in [-0.4, -0.2) is 0 Å². The molecule has 1 unspecified atom stereocenters. The Bertz CT molecular complexity index is 699. The number of fused-ring (bicyclic) bond motifs is 1. The van der Waals surface area contributed by atoms with Gasteiger partial charge in [-0.25, -0.2) is 0 Å². The molecule has 2 N–H and O–H groups in total. The van der Waals surface area contributed by atoms with Crippen molar-refractivity contribution in [3.8, 4) is 0 Å². The lowest BCUT2D eigenvalue weighted by Crippen LogP contribution is -2.12. The van der Waals surface area contributed by atoms with E-state index in [2.05, 4.69) is 37.3 Å². The third kappa shape index (κ3) is 2.15. The van der Waals surface area contributed by atoms with Crippen molar-refractivity contribution in [2.24, 2.45) is 5.73 Å². The van der Waals surface area contributed by atoms with Gasteiger partial charge in [0.1, 0.15) is 5.76 Å². The van der Waals surface area contributed by atoms with Gasteiger partial charge in [-0.05, 0) is 28.5 Å². The minimum atomic E-state index is -0.127. The third-order valence-electron chi connectivity index (χ3n) is 3.57. The molecule has 0 amide bonds. The van der Waals surface area contributed by atoms with Gasteiger partial charge in [0.05, 0.1) is 12.3 Å². The van der Waals surface area contributed by atoms with Crippen LogP contribution in [0.15, 0.2) is 59.2 Å². The molecule has 96 valence electrons. The van der Waals surface area contributed by atoms with E-state index in [0.29, 0.717) is 0 Å². The number of aryl methyl sites for hydroxylation is 1. The first kappa shape index (κ1) is 12.0. The van der Waals surface area contributed by atoms with Crippen LogP contribution in [0.1, 0.15) is 29.9 Å². The fourth-order valence-corrected chi connectivity index (χ4v) is 2.50. The molecule has 0 aliphatic heterocycles. The van der Waals surface area contributed by atoms with Gasteiger partial charge in [0.15, 0.2) is 0 Å². The Kier molecular flexibility index (Phi) is 3.10. The van der Waals surface area contributed by atoms with Crippen molar-refractivity contribution >= 4 is 10.8 Å². The van der Waals surface area contributed by atoms with Crippen LogP contribution in [0, 0.1) is 0 Å². The second-order valence-electron chi connectivity index (χ2n) is 4.74. The molecule has 3 aromatic rings. The molecule has 0 radical (unpaired) electrons. The molecule has 1 aromatic heterocycles. The molecule has 2 nitrogen and oxygen atoms in total. The zero-order valence-electron chi connectivity index (χ0n) is 11.0. The molecule has 0 fully saturated rings. The van der Waals surface area contributed by atoms with Crippen molar-refractivity contribution in [2.45, 2.75) is 19.4 Å². The second-order valence-corrected chi connectivity index (χ2v) is 4.74. The number of benzene rings is 2. The van der Waals surface area contributed by atoms with Gasteiger partial charge in [-0.15, -0.1) is 0 Å². The Hall–Kier alpha value is -2.06. The monoisotopic (exact) mass is 251 g/mol. The topological polar surface area (TPSA) is 39.2 Å². The number of hydrogen-bond acceptors (Lipinski definition) is 2. The van der Waals surface area contributed by atoms with E-state index in [1.54, 1.807) is 6.26 Å². The molecule has 0 spiro atoms. The lowest BCUT2D eigenvalue weighted by Gasteiger charge is -2.13. The minimum absolute atomic E-state index is 0.127. The van der Waals surface area contributed by atoms with Gasteiger partial charge in [-0.3, -0.25) is 0 Å². The molecular weight excluding hydrogens is 234 g/mol. The van der Waals surface area contributed by atoms with Crippen molar-refractivity contribution in [1.29, 1.82) is 0 Å². The molecule has 1 atom stereocenters. The summed E-state index contributed by atoms with van der Waals surface area (Å²) >= 11 is 0. The summed E-state index contributed by atoms with van der Waals surface area (Å²) in [6, 6.07) is 16.5. The molecule has 0 saturated carbocycles. The van der Waals surface area contributed by atoms with Gasteiger partial charge >= 0.3 is 0 Å². The molecule has 0 aliphatic carbocycles. The Balaban J connectivity index is 2.04. The van der Waals surface area contributed by atoms with Crippen LogP contribution in [0.25, 0.3) is 10.8 Å². The van der Waals surface area contributed by atoms with E-state index in [4.69, 9.17) is 10.2 Å². The number of hydrogen-bond donors (Lipinski definition) is 1. The lowest BCUT2D eigenvalue weighted by molar-refractivity contribution is 0.509. The third-order valence-corrected chi connectivity index (χ3v) is 3.57. The van der Waals surface area contributed by atoms with Crippen LogP contribution in [0.4, 0.5) is 0 Å². The molecule has 3 rings (SSSR count). The van der Waals surface area contributed by atoms with E-state index in [9.17, 15) is 0 Å². The van der Waals surface area contributed by atoms with Crippen LogP contribution in [0.5, 0.6) is 0 Å². The fraction of sp³-hybridized carbons (Fsp3) is 0.176. The highest BCUT2D eigenvalue weighted by Crippen LogP contribution is 2.26. The van der Waals surface area contributed by atoms with E-state index < -0.39 is 0 Å². The predicted octanol–water partition coefficient (Wildman–Crippen LogP) is 4.04. The van der Waals surface area contributed by atoms with Gasteiger partial charge in [0, 0.05) is 12.0 Å². The summed E-state index contributed by atoms with van der Waals surface area (Å²) in [5.41, 5.74) is 8.57. The average Bonchev–Trinajstić information content (AvgIpc) is 2.94. The van der Waals surface area contributed by atoms with E-state index in [1.165, 1.54) is 10.8 Å². The van der Waals surface area contributed by atoms with Crippen LogP contribution < -0.4 is 5.73 Å². The molecule has 2 aromatic carbocycles. The average molecular weight is 251 g/mol. The van der Waals surface area contributed by atoms with Crippen molar-refractivity contribution in [3.63, 3.8) is 0 Å². The molecule has 0 bridgehead atoms. The van der Waals surface area contributed by atoms with Crippen molar-refractivity contribution < 1.29 is 4.42 Å².